The average molecular weight is 602 g/mol. The lowest BCUT2D eigenvalue weighted by molar-refractivity contribution is -1.01. The molecule has 38 heavy (non-hydrogen) atoms. The van der Waals surface area contributed by atoms with Gasteiger partial charge < -0.3 is 53.6 Å². The quantitative estimate of drug-likeness (QED) is 0.219. The Bertz CT molecular complexity index is 1090. The van der Waals surface area contributed by atoms with E-state index in [9.17, 15) is 4.79 Å². The van der Waals surface area contributed by atoms with Gasteiger partial charge in [-0.25, -0.2) is 4.79 Å². The molecular formula is C27H34Cl2N2O5S2. The van der Waals surface area contributed by atoms with E-state index in [2.05, 4.69) is 39.7 Å². The maximum Gasteiger partial charge on any atom is 0.338 e. The molecule has 3 aromatic rings. The number of ether oxygens (including phenoxy) is 4. The number of piperazine rings is 1. The minimum Gasteiger partial charge on any atom is -1.00 e. The summed E-state index contributed by atoms with van der Waals surface area (Å²) in [5.41, 5.74) is 4.32. The van der Waals surface area contributed by atoms with Crippen LogP contribution in [0, 0.1) is 0 Å². The topological polar surface area (TPSA) is 62.9 Å². The van der Waals surface area contributed by atoms with Gasteiger partial charge in [0.05, 0.1) is 33.4 Å². The van der Waals surface area contributed by atoms with Crippen molar-refractivity contribution in [1.29, 1.82) is 0 Å². The Kier molecular flexibility index (Phi) is 13.4. The molecule has 0 radical (unpaired) electrons. The summed E-state index contributed by atoms with van der Waals surface area (Å²) in [4.78, 5) is 15.7. The highest BCUT2D eigenvalue weighted by molar-refractivity contribution is 7.08. The van der Waals surface area contributed by atoms with Crippen LogP contribution in [0.5, 0.6) is 17.2 Å². The number of benzene rings is 1. The molecule has 0 amide bonds. The number of carbonyl (C=O) groups excluding carboxylic acids is 1. The predicted octanol–water partition coefficient (Wildman–Crippen LogP) is -4.08. The van der Waals surface area contributed by atoms with E-state index in [0.717, 1.165) is 39.3 Å². The van der Waals surface area contributed by atoms with E-state index in [1.165, 1.54) is 42.9 Å². The zero-order valence-corrected chi connectivity index (χ0v) is 24.9. The highest BCUT2D eigenvalue weighted by atomic mass is 35.5. The molecule has 0 atom stereocenters. The molecule has 0 saturated carbocycles. The van der Waals surface area contributed by atoms with E-state index in [0.29, 0.717) is 29.4 Å². The molecule has 0 spiro atoms. The van der Waals surface area contributed by atoms with Gasteiger partial charge in [0, 0.05) is 0 Å². The third-order valence-corrected chi connectivity index (χ3v) is 7.88. The van der Waals surface area contributed by atoms with Crippen LogP contribution in [-0.2, 0) is 4.74 Å². The summed E-state index contributed by atoms with van der Waals surface area (Å²) in [5.74, 6) is 0.930. The van der Waals surface area contributed by atoms with Crippen LogP contribution >= 0.6 is 22.7 Å². The van der Waals surface area contributed by atoms with Crippen LogP contribution in [0.25, 0.3) is 5.57 Å². The number of hydrogen-bond donors (Lipinski definition) is 2. The van der Waals surface area contributed by atoms with Crippen LogP contribution in [0.2, 0.25) is 0 Å². The minimum absolute atomic E-state index is 0. The first-order valence-corrected chi connectivity index (χ1v) is 13.9. The molecule has 1 aliphatic rings. The van der Waals surface area contributed by atoms with Crippen LogP contribution < -0.4 is 48.8 Å². The van der Waals surface area contributed by atoms with Crippen molar-refractivity contribution >= 4 is 34.2 Å². The lowest BCUT2D eigenvalue weighted by Gasteiger charge is -2.29. The van der Waals surface area contributed by atoms with Gasteiger partial charge >= 0.3 is 5.97 Å². The largest absolute Gasteiger partial charge is 1.00 e. The highest BCUT2D eigenvalue weighted by Gasteiger charge is 2.23. The van der Waals surface area contributed by atoms with Gasteiger partial charge in [-0.2, -0.15) is 22.7 Å². The van der Waals surface area contributed by atoms with Gasteiger partial charge in [0.15, 0.2) is 11.5 Å². The first-order chi connectivity index (χ1) is 17.6. The summed E-state index contributed by atoms with van der Waals surface area (Å²) in [6.45, 7) is 6.54. The zero-order valence-electron chi connectivity index (χ0n) is 21.8. The van der Waals surface area contributed by atoms with Gasteiger partial charge in [-0.05, 0) is 68.6 Å². The van der Waals surface area contributed by atoms with E-state index in [1.807, 2.05) is 0 Å². The number of thiophene rings is 2. The standard InChI is InChI=1S/C27H32N2O5S2.2ClH/c1-31-24-16-22(17-25(32-2)26(24)33-3)27(30)34-13-12-29-10-8-28(9-11-29)7-4-23(20-5-14-35-18-20)21-6-15-36-19-21;;/h4-6,14-19H,7-13H2,1-3H3;2*1H. The predicted molar refractivity (Wildman–Crippen MR) is 143 cm³/mol. The summed E-state index contributed by atoms with van der Waals surface area (Å²) < 4.78 is 21.6. The van der Waals surface area contributed by atoms with Gasteiger partial charge in [0.1, 0.15) is 39.3 Å². The lowest BCUT2D eigenvalue weighted by Crippen LogP contribution is -3.28. The highest BCUT2D eigenvalue weighted by Crippen LogP contribution is 2.38. The molecule has 3 heterocycles. The number of nitrogens with one attached hydrogen (secondary N) is 2. The second-order valence-electron chi connectivity index (χ2n) is 8.65. The lowest BCUT2D eigenvalue weighted by atomic mass is 10.0. The number of hydrogen-bond acceptors (Lipinski definition) is 7. The average Bonchev–Trinajstić information content (AvgIpc) is 3.64. The van der Waals surface area contributed by atoms with Crippen LogP contribution in [0.1, 0.15) is 21.5 Å². The molecule has 1 fully saturated rings. The smallest absolute Gasteiger partial charge is 0.338 e. The Balaban J connectivity index is 0.00000253. The van der Waals surface area contributed by atoms with Crippen LogP contribution in [0.15, 0.2) is 51.9 Å². The fourth-order valence-corrected chi connectivity index (χ4v) is 5.78. The fraction of sp³-hybridized carbons (Fsp3) is 0.370. The van der Waals surface area contributed by atoms with Crippen molar-refractivity contribution in [1.82, 2.24) is 0 Å². The Morgan fingerprint density at radius 1 is 0.842 bits per heavy atom. The summed E-state index contributed by atoms with van der Waals surface area (Å²) >= 11 is 3.48. The maximum absolute atomic E-state index is 12.6. The molecule has 0 aliphatic carbocycles. The Morgan fingerprint density at radius 3 is 1.87 bits per heavy atom. The second-order valence-corrected chi connectivity index (χ2v) is 10.2. The van der Waals surface area contributed by atoms with Crippen molar-refractivity contribution in [2.45, 2.75) is 0 Å². The van der Waals surface area contributed by atoms with E-state index in [4.69, 9.17) is 18.9 Å². The number of rotatable bonds is 11. The molecule has 1 saturated heterocycles. The normalized spacial score (nSPS) is 16.4. The van der Waals surface area contributed by atoms with Crippen LogP contribution in [-0.4, -0.2) is 73.2 Å². The Labute approximate surface area is 244 Å². The van der Waals surface area contributed by atoms with Crippen molar-refractivity contribution in [2.24, 2.45) is 0 Å². The van der Waals surface area contributed by atoms with Crippen molar-refractivity contribution in [2.75, 3.05) is 67.2 Å². The molecule has 0 unspecified atom stereocenters. The van der Waals surface area contributed by atoms with E-state index in [1.54, 1.807) is 39.7 Å². The molecule has 2 N–H and O–H groups in total. The van der Waals surface area contributed by atoms with E-state index < -0.39 is 5.97 Å². The monoisotopic (exact) mass is 600 g/mol. The van der Waals surface area contributed by atoms with Crippen LogP contribution in [0.4, 0.5) is 0 Å². The fourth-order valence-electron chi connectivity index (χ4n) is 4.47. The van der Waals surface area contributed by atoms with Gasteiger partial charge in [-0.3, -0.25) is 0 Å². The number of quaternary nitrogens is 2. The Hall–Kier alpha value is -2.27. The third-order valence-electron chi connectivity index (χ3n) is 6.51. The second kappa shape index (κ2) is 16.0. The van der Waals surface area contributed by atoms with Gasteiger partial charge in [-0.15, -0.1) is 0 Å². The van der Waals surface area contributed by atoms with E-state index >= 15 is 0 Å². The van der Waals surface area contributed by atoms with Crippen molar-refractivity contribution in [3.63, 3.8) is 0 Å². The van der Waals surface area contributed by atoms with Crippen molar-refractivity contribution in [3.8, 4) is 17.2 Å². The Morgan fingerprint density at radius 2 is 1.39 bits per heavy atom. The molecule has 0 bridgehead atoms. The van der Waals surface area contributed by atoms with Crippen LogP contribution in [0.3, 0.4) is 0 Å². The zero-order chi connectivity index (χ0) is 25.3. The summed E-state index contributed by atoms with van der Waals surface area (Å²) in [6.07, 6.45) is 2.39. The van der Waals surface area contributed by atoms with Gasteiger partial charge in [-0.1, -0.05) is 0 Å². The van der Waals surface area contributed by atoms with Crippen molar-refractivity contribution in [3.05, 3.63) is 68.6 Å². The molecule has 2 aromatic heterocycles. The number of halogens is 2. The molecule has 4 rings (SSSR count). The molecule has 208 valence electrons. The molecule has 1 aliphatic heterocycles. The maximum atomic E-state index is 12.6. The summed E-state index contributed by atoms with van der Waals surface area (Å²) in [7, 11) is 4.59. The summed E-state index contributed by atoms with van der Waals surface area (Å²) in [5, 5.41) is 8.72. The first-order valence-electron chi connectivity index (χ1n) is 12.0. The minimum atomic E-state index is -0.391. The number of methoxy groups -OCH3 is 3. The summed E-state index contributed by atoms with van der Waals surface area (Å²) in [6, 6.07) is 7.63. The SMILES string of the molecule is COc1cc(C(=O)OCC[NH+]2CC[NH+](CC=C(c3ccsc3)c3ccsc3)CC2)cc(OC)c1OC.[Cl-].[Cl-]. The molecular weight excluding hydrogens is 567 g/mol. The van der Waals surface area contributed by atoms with Gasteiger partial charge in [0.2, 0.25) is 5.75 Å². The molecule has 11 heteroatoms. The molecule has 7 nitrogen and oxygen atoms in total. The number of esters is 1. The molecule has 1 aromatic carbocycles. The van der Waals surface area contributed by atoms with E-state index in [-0.39, 0.29) is 24.8 Å². The van der Waals surface area contributed by atoms with Gasteiger partial charge in [0.25, 0.3) is 0 Å². The first kappa shape index (κ1) is 31.9. The van der Waals surface area contributed by atoms with Crippen molar-refractivity contribution < 1.29 is 58.4 Å². The third kappa shape index (κ3) is 8.11. The number of carbonyl (C=O) groups is 1.